The van der Waals surface area contributed by atoms with Crippen molar-refractivity contribution in [2.24, 2.45) is 0 Å². The fourth-order valence-electron chi connectivity index (χ4n) is 5.50. The van der Waals surface area contributed by atoms with Crippen LogP contribution < -0.4 is 14.2 Å². The molecule has 0 aromatic heterocycles. The Morgan fingerprint density at radius 3 is 2.55 bits per heavy atom. The molecule has 2 heterocycles. The van der Waals surface area contributed by atoms with Crippen molar-refractivity contribution in [2.45, 2.75) is 13.1 Å². The van der Waals surface area contributed by atoms with Gasteiger partial charge in [-0.05, 0) is 59.3 Å². The van der Waals surface area contributed by atoms with Gasteiger partial charge < -0.3 is 19.1 Å². The van der Waals surface area contributed by atoms with Gasteiger partial charge in [-0.1, -0.05) is 54.6 Å². The monoisotopic (exact) mass is 537 g/mol. The third kappa shape index (κ3) is 6.06. The van der Waals surface area contributed by atoms with Gasteiger partial charge in [-0.15, -0.1) is 0 Å². The summed E-state index contributed by atoms with van der Waals surface area (Å²) in [6.45, 7) is 6.45. The molecule has 4 aromatic rings. The minimum atomic E-state index is 0.0384. The van der Waals surface area contributed by atoms with Gasteiger partial charge in [0.2, 0.25) is 6.79 Å². The Bertz CT molecular complexity index is 1480. The average molecular weight is 538 g/mol. The number of hydrogen-bond acceptors (Lipinski definition) is 6. The first kappa shape index (κ1) is 26.2. The fourth-order valence-corrected chi connectivity index (χ4v) is 5.50. The van der Waals surface area contributed by atoms with Gasteiger partial charge in [0.25, 0.3) is 5.91 Å². The van der Waals surface area contributed by atoms with Gasteiger partial charge in [0.05, 0.1) is 0 Å². The first-order chi connectivity index (χ1) is 19.6. The van der Waals surface area contributed by atoms with Gasteiger partial charge in [-0.3, -0.25) is 14.6 Å². The van der Waals surface area contributed by atoms with E-state index in [1.807, 2.05) is 17.0 Å². The predicted octanol–water partition coefficient (Wildman–Crippen LogP) is 5.04. The average Bonchev–Trinajstić information content (AvgIpc) is 3.46. The second-order valence-corrected chi connectivity index (χ2v) is 10.5. The molecule has 0 saturated carbocycles. The third-order valence-electron chi connectivity index (χ3n) is 7.63. The van der Waals surface area contributed by atoms with Gasteiger partial charge in [-0.25, -0.2) is 0 Å². The molecular weight excluding hydrogens is 502 g/mol. The van der Waals surface area contributed by atoms with Crippen molar-refractivity contribution < 1.29 is 19.0 Å². The molecule has 40 heavy (non-hydrogen) atoms. The Kier molecular flexibility index (Phi) is 7.84. The quantitative estimate of drug-likeness (QED) is 0.298. The van der Waals surface area contributed by atoms with E-state index in [1.165, 1.54) is 21.9 Å². The second-order valence-electron chi connectivity index (χ2n) is 10.5. The Balaban J connectivity index is 0.954. The summed E-state index contributed by atoms with van der Waals surface area (Å²) in [7, 11) is 2.16. The molecule has 0 radical (unpaired) electrons. The number of benzene rings is 4. The summed E-state index contributed by atoms with van der Waals surface area (Å²) in [4.78, 5) is 19.6. The van der Waals surface area contributed by atoms with Crippen molar-refractivity contribution in [1.82, 2.24) is 14.7 Å². The highest BCUT2D eigenvalue weighted by atomic mass is 16.7. The summed E-state index contributed by atoms with van der Waals surface area (Å²) in [6, 6.07) is 28.9. The first-order valence-corrected chi connectivity index (χ1v) is 13.9. The number of fused-ring (bicyclic) bond motifs is 2. The highest BCUT2D eigenvalue weighted by Gasteiger charge is 2.24. The minimum Gasteiger partial charge on any atom is -0.492 e. The van der Waals surface area contributed by atoms with E-state index in [9.17, 15) is 4.79 Å². The molecule has 7 nitrogen and oxygen atoms in total. The zero-order chi connectivity index (χ0) is 27.3. The van der Waals surface area contributed by atoms with Crippen LogP contribution in [0.2, 0.25) is 0 Å². The molecule has 0 atom stereocenters. The van der Waals surface area contributed by atoms with Crippen molar-refractivity contribution >= 4 is 16.7 Å². The maximum absolute atomic E-state index is 13.0. The van der Waals surface area contributed by atoms with E-state index in [4.69, 9.17) is 14.2 Å². The van der Waals surface area contributed by atoms with Crippen LogP contribution in [0.15, 0.2) is 84.9 Å². The minimum absolute atomic E-state index is 0.0384. The van der Waals surface area contributed by atoms with Gasteiger partial charge in [0.1, 0.15) is 12.4 Å². The maximum Gasteiger partial charge on any atom is 0.254 e. The lowest BCUT2D eigenvalue weighted by molar-refractivity contribution is 0.0620. The van der Waals surface area contributed by atoms with Crippen molar-refractivity contribution in [3.8, 4) is 17.2 Å². The molecule has 2 aliphatic rings. The van der Waals surface area contributed by atoms with Crippen molar-refractivity contribution in [3.05, 3.63) is 102 Å². The van der Waals surface area contributed by atoms with Crippen molar-refractivity contribution in [2.75, 3.05) is 53.2 Å². The molecule has 0 N–H and O–H groups in total. The summed E-state index contributed by atoms with van der Waals surface area (Å²) in [5.41, 5.74) is 3.21. The largest absolute Gasteiger partial charge is 0.492 e. The van der Waals surface area contributed by atoms with E-state index >= 15 is 0 Å². The van der Waals surface area contributed by atoms with Crippen LogP contribution in [0.25, 0.3) is 10.8 Å². The van der Waals surface area contributed by atoms with E-state index < -0.39 is 0 Å². The molecule has 1 saturated heterocycles. The van der Waals surface area contributed by atoms with Crippen LogP contribution in [0.3, 0.4) is 0 Å². The Hall–Kier alpha value is -4.07. The molecule has 1 fully saturated rings. The smallest absolute Gasteiger partial charge is 0.254 e. The highest BCUT2D eigenvalue weighted by molar-refractivity contribution is 5.95. The number of hydrogen-bond donors (Lipinski definition) is 0. The number of ether oxygens (including phenoxy) is 3. The number of rotatable bonds is 9. The fraction of sp³-hybridized carbons (Fsp3) is 0.303. The summed E-state index contributed by atoms with van der Waals surface area (Å²) < 4.78 is 16.9. The molecule has 0 spiro atoms. The van der Waals surface area contributed by atoms with Crippen LogP contribution in [-0.2, 0) is 13.1 Å². The van der Waals surface area contributed by atoms with Gasteiger partial charge >= 0.3 is 0 Å². The number of piperazine rings is 1. The molecule has 0 unspecified atom stereocenters. The van der Waals surface area contributed by atoms with E-state index in [0.29, 0.717) is 36.8 Å². The molecule has 4 aromatic carbocycles. The lowest BCUT2D eigenvalue weighted by Crippen LogP contribution is -2.49. The van der Waals surface area contributed by atoms with Crippen molar-refractivity contribution in [1.29, 1.82) is 0 Å². The molecule has 2 aliphatic heterocycles. The molecule has 6 rings (SSSR count). The Labute approximate surface area is 235 Å². The predicted molar refractivity (Wildman–Crippen MR) is 156 cm³/mol. The van der Waals surface area contributed by atoms with E-state index in [2.05, 4.69) is 77.5 Å². The third-order valence-corrected chi connectivity index (χ3v) is 7.63. The molecule has 0 bridgehead atoms. The Morgan fingerprint density at radius 1 is 0.850 bits per heavy atom. The van der Waals surface area contributed by atoms with E-state index in [1.54, 1.807) is 12.1 Å². The first-order valence-electron chi connectivity index (χ1n) is 13.9. The molecule has 1 amide bonds. The number of carbonyl (C=O) groups excluding carboxylic acids is 1. The highest BCUT2D eigenvalue weighted by Crippen LogP contribution is 2.33. The van der Waals surface area contributed by atoms with Gasteiger partial charge in [0, 0.05) is 51.4 Å². The number of carbonyl (C=O) groups is 1. The lowest BCUT2D eigenvalue weighted by Gasteiger charge is -2.34. The standard InChI is InChI=1S/C33H35N3O4/c1-34(23-28-9-5-8-26-7-2-3-11-30(26)28)22-25-6-4-10-29(20-25)38-19-18-35-14-16-36(17-15-35)33(37)27-12-13-31-32(21-27)40-24-39-31/h2-13,20-21H,14-19,22-24H2,1H3. The molecule has 7 heteroatoms. The normalized spacial score (nSPS) is 15.1. The number of amides is 1. The van der Waals surface area contributed by atoms with Crippen LogP contribution >= 0.6 is 0 Å². The SMILES string of the molecule is CN(Cc1cccc(OCCN2CCN(C(=O)c3ccc4c(c3)OCO4)CC2)c1)Cc1cccc2ccccc12. The van der Waals surface area contributed by atoms with Gasteiger partial charge in [-0.2, -0.15) is 0 Å². The summed E-state index contributed by atoms with van der Waals surface area (Å²) in [6.07, 6.45) is 0. The molecular formula is C33H35N3O4. The van der Waals surface area contributed by atoms with Crippen LogP contribution in [-0.4, -0.2) is 73.8 Å². The van der Waals surface area contributed by atoms with Crippen LogP contribution in [0.1, 0.15) is 21.5 Å². The summed E-state index contributed by atoms with van der Waals surface area (Å²) >= 11 is 0. The van der Waals surface area contributed by atoms with Gasteiger partial charge in [0.15, 0.2) is 11.5 Å². The lowest BCUT2D eigenvalue weighted by atomic mass is 10.0. The zero-order valence-corrected chi connectivity index (χ0v) is 22.9. The van der Waals surface area contributed by atoms with Crippen LogP contribution in [0.4, 0.5) is 0 Å². The van der Waals surface area contributed by atoms with Crippen LogP contribution in [0.5, 0.6) is 17.2 Å². The van der Waals surface area contributed by atoms with Crippen LogP contribution in [0, 0.1) is 0 Å². The van der Waals surface area contributed by atoms with E-state index in [-0.39, 0.29) is 12.7 Å². The maximum atomic E-state index is 13.0. The summed E-state index contributed by atoms with van der Waals surface area (Å²) in [5, 5.41) is 2.59. The molecule has 206 valence electrons. The zero-order valence-electron chi connectivity index (χ0n) is 22.9. The topological polar surface area (TPSA) is 54.5 Å². The summed E-state index contributed by atoms with van der Waals surface area (Å²) in [5.74, 6) is 2.27. The van der Waals surface area contributed by atoms with E-state index in [0.717, 1.165) is 38.5 Å². The number of nitrogens with zero attached hydrogens (tertiary/aromatic N) is 3. The Morgan fingerprint density at radius 2 is 1.65 bits per heavy atom. The molecule has 0 aliphatic carbocycles. The second kappa shape index (κ2) is 12.0. The van der Waals surface area contributed by atoms with Crippen molar-refractivity contribution in [3.63, 3.8) is 0 Å².